The van der Waals surface area contributed by atoms with E-state index in [9.17, 15) is 4.39 Å². The fraction of sp³-hybridized carbons (Fsp3) is 0.400. The Morgan fingerprint density at radius 1 is 1.43 bits per heavy atom. The first kappa shape index (κ1) is 11.1. The third-order valence-corrected chi connectivity index (χ3v) is 1.84. The third kappa shape index (κ3) is 3.06. The SMILES string of the molecule is NCc1ccc(F)c(COCCO)c1. The van der Waals surface area contributed by atoms with E-state index in [1.165, 1.54) is 6.07 Å². The average Bonchev–Trinajstić information content (AvgIpc) is 2.21. The van der Waals surface area contributed by atoms with Gasteiger partial charge in [0, 0.05) is 12.1 Å². The zero-order valence-electron chi connectivity index (χ0n) is 7.87. The molecular weight excluding hydrogens is 185 g/mol. The standard InChI is InChI=1S/C10H14FNO2/c11-10-2-1-8(6-12)5-9(10)7-14-4-3-13/h1-2,5,13H,3-4,6-7,12H2. The summed E-state index contributed by atoms with van der Waals surface area (Å²) in [6.45, 7) is 0.706. The first-order chi connectivity index (χ1) is 6.77. The maximum absolute atomic E-state index is 13.1. The molecule has 1 aromatic rings. The summed E-state index contributed by atoms with van der Waals surface area (Å²) in [5.74, 6) is -0.305. The summed E-state index contributed by atoms with van der Waals surface area (Å²) in [6.07, 6.45) is 0. The maximum atomic E-state index is 13.1. The van der Waals surface area contributed by atoms with E-state index in [1.54, 1.807) is 12.1 Å². The van der Waals surface area contributed by atoms with Crippen molar-refractivity contribution in [3.63, 3.8) is 0 Å². The topological polar surface area (TPSA) is 55.5 Å². The van der Waals surface area contributed by atoms with E-state index in [2.05, 4.69) is 0 Å². The van der Waals surface area contributed by atoms with Crippen molar-refractivity contribution in [1.82, 2.24) is 0 Å². The van der Waals surface area contributed by atoms with Crippen molar-refractivity contribution in [2.45, 2.75) is 13.2 Å². The van der Waals surface area contributed by atoms with Crippen molar-refractivity contribution >= 4 is 0 Å². The largest absolute Gasteiger partial charge is 0.394 e. The molecule has 0 aliphatic heterocycles. The van der Waals surface area contributed by atoms with Crippen LogP contribution in [0.2, 0.25) is 0 Å². The molecule has 0 aliphatic carbocycles. The normalized spacial score (nSPS) is 10.5. The minimum atomic E-state index is -0.305. The van der Waals surface area contributed by atoms with E-state index in [-0.39, 0.29) is 25.6 Å². The average molecular weight is 199 g/mol. The Hall–Kier alpha value is -0.970. The molecule has 0 aromatic heterocycles. The molecule has 0 saturated heterocycles. The Balaban J connectivity index is 2.64. The van der Waals surface area contributed by atoms with Crippen LogP contribution >= 0.6 is 0 Å². The Morgan fingerprint density at radius 3 is 2.86 bits per heavy atom. The Morgan fingerprint density at radius 2 is 2.21 bits per heavy atom. The molecule has 0 atom stereocenters. The van der Waals surface area contributed by atoms with E-state index in [0.29, 0.717) is 12.1 Å². The molecule has 0 spiro atoms. The lowest BCUT2D eigenvalue weighted by atomic mass is 10.1. The van der Waals surface area contributed by atoms with Crippen molar-refractivity contribution < 1.29 is 14.2 Å². The quantitative estimate of drug-likeness (QED) is 0.689. The summed E-state index contributed by atoms with van der Waals surface area (Å²) in [5.41, 5.74) is 6.76. The van der Waals surface area contributed by atoms with Crippen LogP contribution in [0.1, 0.15) is 11.1 Å². The first-order valence-electron chi connectivity index (χ1n) is 4.44. The smallest absolute Gasteiger partial charge is 0.128 e. The summed E-state index contributed by atoms with van der Waals surface area (Å²) in [6, 6.07) is 4.69. The van der Waals surface area contributed by atoms with Gasteiger partial charge in [-0.2, -0.15) is 0 Å². The van der Waals surface area contributed by atoms with Gasteiger partial charge in [-0.05, 0) is 17.7 Å². The molecule has 0 amide bonds. The van der Waals surface area contributed by atoms with E-state index >= 15 is 0 Å². The third-order valence-electron chi connectivity index (χ3n) is 1.84. The second-order valence-electron chi connectivity index (χ2n) is 2.91. The number of benzene rings is 1. The number of aliphatic hydroxyl groups is 1. The van der Waals surface area contributed by atoms with Gasteiger partial charge < -0.3 is 15.6 Å². The van der Waals surface area contributed by atoms with Crippen LogP contribution in [-0.2, 0) is 17.9 Å². The molecule has 14 heavy (non-hydrogen) atoms. The van der Waals surface area contributed by atoms with Gasteiger partial charge in [0.15, 0.2) is 0 Å². The lowest BCUT2D eigenvalue weighted by Gasteiger charge is -2.05. The highest BCUT2D eigenvalue weighted by molar-refractivity contribution is 5.24. The van der Waals surface area contributed by atoms with Crippen molar-refractivity contribution in [2.24, 2.45) is 5.73 Å². The molecule has 0 aliphatic rings. The van der Waals surface area contributed by atoms with Gasteiger partial charge in [0.25, 0.3) is 0 Å². The second kappa shape index (κ2) is 5.70. The van der Waals surface area contributed by atoms with Crippen LogP contribution in [0.25, 0.3) is 0 Å². The van der Waals surface area contributed by atoms with Crippen molar-refractivity contribution in [2.75, 3.05) is 13.2 Å². The number of ether oxygens (including phenoxy) is 1. The minimum absolute atomic E-state index is 0.0573. The summed E-state index contributed by atoms with van der Waals surface area (Å²) in [4.78, 5) is 0. The molecule has 4 heteroatoms. The number of hydrogen-bond acceptors (Lipinski definition) is 3. The number of aliphatic hydroxyl groups excluding tert-OH is 1. The molecule has 0 unspecified atom stereocenters. The monoisotopic (exact) mass is 199 g/mol. The predicted molar refractivity (Wildman–Crippen MR) is 51.0 cm³/mol. The van der Waals surface area contributed by atoms with Crippen LogP contribution in [-0.4, -0.2) is 18.3 Å². The predicted octanol–water partition coefficient (Wildman–Crippen LogP) is 0.793. The van der Waals surface area contributed by atoms with Gasteiger partial charge in [0.2, 0.25) is 0 Å². The second-order valence-corrected chi connectivity index (χ2v) is 2.91. The van der Waals surface area contributed by atoms with E-state index in [4.69, 9.17) is 15.6 Å². The highest BCUT2D eigenvalue weighted by atomic mass is 19.1. The van der Waals surface area contributed by atoms with Gasteiger partial charge in [-0.25, -0.2) is 4.39 Å². The first-order valence-corrected chi connectivity index (χ1v) is 4.44. The molecule has 0 radical (unpaired) electrons. The highest BCUT2D eigenvalue weighted by Gasteiger charge is 2.02. The molecule has 78 valence electrons. The molecule has 3 nitrogen and oxygen atoms in total. The molecule has 0 bridgehead atoms. The van der Waals surface area contributed by atoms with E-state index in [0.717, 1.165) is 5.56 Å². The highest BCUT2D eigenvalue weighted by Crippen LogP contribution is 2.11. The minimum Gasteiger partial charge on any atom is -0.394 e. The maximum Gasteiger partial charge on any atom is 0.128 e. The molecular formula is C10H14FNO2. The lowest BCUT2D eigenvalue weighted by molar-refractivity contribution is 0.0799. The molecule has 0 saturated carbocycles. The van der Waals surface area contributed by atoms with Gasteiger partial charge in [0.1, 0.15) is 5.82 Å². The van der Waals surface area contributed by atoms with Crippen LogP contribution in [0, 0.1) is 5.82 Å². The van der Waals surface area contributed by atoms with Gasteiger partial charge in [0.05, 0.1) is 19.8 Å². The summed E-state index contributed by atoms with van der Waals surface area (Å²) in [7, 11) is 0. The zero-order chi connectivity index (χ0) is 10.4. The van der Waals surface area contributed by atoms with Gasteiger partial charge in [-0.1, -0.05) is 6.07 Å². The van der Waals surface area contributed by atoms with Crippen LogP contribution in [0.3, 0.4) is 0 Å². The summed E-state index contributed by atoms with van der Waals surface area (Å²) in [5, 5.41) is 8.48. The number of halogens is 1. The van der Waals surface area contributed by atoms with Crippen molar-refractivity contribution in [1.29, 1.82) is 0 Å². The van der Waals surface area contributed by atoms with E-state index in [1.807, 2.05) is 0 Å². The lowest BCUT2D eigenvalue weighted by Crippen LogP contribution is -2.03. The zero-order valence-corrected chi connectivity index (χ0v) is 7.87. The van der Waals surface area contributed by atoms with Crippen LogP contribution in [0.5, 0.6) is 0 Å². The van der Waals surface area contributed by atoms with Crippen molar-refractivity contribution in [3.05, 3.63) is 35.1 Å². The van der Waals surface area contributed by atoms with Crippen LogP contribution in [0.4, 0.5) is 4.39 Å². The Bertz CT molecular complexity index is 291. The molecule has 3 N–H and O–H groups in total. The van der Waals surface area contributed by atoms with Gasteiger partial charge in [-0.15, -0.1) is 0 Å². The fourth-order valence-corrected chi connectivity index (χ4v) is 1.11. The van der Waals surface area contributed by atoms with E-state index < -0.39 is 0 Å². The fourth-order valence-electron chi connectivity index (χ4n) is 1.11. The molecule has 0 fully saturated rings. The number of nitrogens with two attached hydrogens (primary N) is 1. The van der Waals surface area contributed by atoms with Crippen molar-refractivity contribution in [3.8, 4) is 0 Å². The van der Waals surface area contributed by atoms with Gasteiger partial charge >= 0.3 is 0 Å². The van der Waals surface area contributed by atoms with Gasteiger partial charge in [-0.3, -0.25) is 0 Å². The Labute approximate surface area is 82.3 Å². The number of hydrogen-bond donors (Lipinski definition) is 2. The summed E-state index contributed by atoms with van der Waals surface area (Å²) < 4.78 is 18.2. The van der Waals surface area contributed by atoms with Crippen LogP contribution in [0.15, 0.2) is 18.2 Å². The molecule has 0 heterocycles. The summed E-state index contributed by atoms with van der Waals surface area (Å²) >= 11 is 0. The molecule has 1 aromatic carbocycles. The Kier molecular flexibility index (Phi) is 4.52. The number of rotatable bonds is 5. The van der Waals surface area contributed by atoms with Crippen LogP contribution < -0.4 is 5.73 Å². The molecule has 1 rings (SSSR count).